The predicted molar refractivity (Wildman–Crippen MR) is 107 cm³/mol. The molecule has 5 rings (SSSR count). The fraction of sp³-hybridized carbons (Fsp3) is 0.500. The van der Waals surface area contributed by atoms with E-state index in [2.05, 4.69) is 29.9 Å². The molecule has 1 saturated carbocycles. The summed E-state index contributed by atoms with van der Waals surface area (Å²) in [6.07, 6.45) is 5.31. The van der Waals surface area contributed by atoms with E-state index >= 15 is 0 Å². The molecule has 0 unspecified atom stereocenters. The van der Waals surface area contributed by atoms with Crippen molar-refractivity contribution < 1.29 is 10.2 Å². The van der Waals surface area contributed by atoms with Gasteiger partial charge in [-0.2, -0.15) is 19.6 Å². The molecule has 1 aliphatic heterocycles. The Labute approximate surface area is 170 Å². The standard InChI is InChI=1S/C18H23N9O3/c28-8-7-25-3-5-26(6-4-25)16-22-14-11(9-13-15(29)23-18(30)21-13)10-19-27(14)17(24-16)20-12-1-2-12/h9-10,12,28-29H,1-8H2,(H2,21,23,30). The van der Waals surface area contributed by atoms with Gasteiger partial charge in [0.15, 0.2) is 5.65 Å². The molecule has 158 valence electrons. The first-order valence-corrected chi connectivity index (χ1v) is 10.0. The summed E-state index contributed by atoms with van der Waals surface area (Å²) in [4.78, 5) is 34.7. The third kappa shape index (κ3) is 3.66. The van der Waals surface area contributed by atoms with Gasteiger partial charge >= 0.3 is 5.69 Å². The summed E-state index contributed by atoms with van der Waals surface area (Å²) in [5.41, 5.74) is 0.824. The van der Waals surface area contributed by atoms with Gasteiger partial charge in [-0.1, -0.05) is 0 Å². The highest BCUT2D eigenvalue weighted by Crippen LogP contribution is 2.22. The number of aromatic amines is 2. The molecule has 0 aromatic carbocycles. The molecule has 30 heavy (non-hydrogen) atoms. The maximum atomic E-state index is 11.4. The van der Waals surface area contributed by atoms with Crippen LogP contribution in [0, 0.1) is 0 Å². The molecule has 0 bridgehead atoms. The Kier molecular flexibility index (Phi) is 4.71. The minimum atomic E-state index is -0.490. The van der Waals surface area contributed by atoms with Crippen molar-refractivity contribution in [3.05, 3.63) is 33.2 Å². The van der Waals surface area contributed by atoms with Gasteiger partial charge in [-0.05, 0) is 18.9 Å². The van der Waals surface area contributed by atoms with E-state index in [0.717, 1.165) is 39.0 Å². The summed E-state index contributed by atoms with van der Waals surface area (Å²) in [5, 5.41) is 24.0. The van der Waals surface area contributed by atoms with Crippen LogP contribution >= 0.6 is 0 Å². The van der Waals surface area contributed by atoms with Crippen LogP contribution in [-0.2, 0) is 0 Å². The van der Waals surface area contributed by atoms with Gasteiger partial charge < -0.3 is 20.1 Å². The zero-order valence-corrected chi connectivity index (χ0v) is 16.3. The molecule has 12 heteroatoms. The molecule has 0 atom stereocenters. The van der Waals surface area contributed by atoms with Crippen molar-refractivity contribution in [2.45, 2.75) is 18.9 Å². The number of rotatable bonds is 5. The van der Waals surface area contributed by atoms with Gasteiger partial charge in [0.25, 0.3) is 5.62 Å². The van der Waals surface area contributed by atoms with Gasteiger partial charge in [0.2, 0.25) is 11.8 Å². The summed E-state index contributed by atoms with van der Waals surface area (Å²) in [7, 11) is 0. The molecule has 4 N–H and O–H groups in total. The lowest BCUT2D eigenvalue weighted by atomic mass is 10.3. The SMILES string of the molecule is O=c1[nH]c(O)c(C=c2cnn3c(=NC4CC4)nc(N4CCN(CCO)CC4)nc23)[nH]1. The molecular weight excluding hydrogens is 390 g/mol. The van der Waals surface area contributed by atoms with E-state index in [-0.39, 0.29) is 24.2 Å². The molecule has 2 aliphatic rings. The molecule has 0 spiro atoms. The molecule has 0 amide bonds. The number of aromatic hydroxyl groups is 1. The van der Waals surface area contributed by atoms with Crippen LogP contribution in [0.2, 0.25) is 0 Å². The predicted octanol–water partition coefficient (Wildman–Crippen LogP) is -2.43. The first-order valence-electron chi connectivity index (χ1n) is 10.0. The normalized spacial score (nSPS) is 19.3. The maximum absolute atomic E-state index is 11.4. The Balaban J connectivity index is 1.59. The van der Waals surface area contributed by atoms with Crippen molar-refractivity contribution >= 4 is 17.7 Å². The smallest absolute Gasteiger partial charge is 0.326 e. The first kappa shape index (κ1) is 18.8. The zero-order chi connectivity index (χ0) is 20.7. The Hall–Kier alpha value is -3.25. The van der Waals surface area contributed by atoms with Crippen LogP contribution in [0.15, 0.2) is 16.0 Å². The van der Waals surface area contributed by atoms with E-state index < -0.39 is 5.69 Å². The molecule has 1 saturated heterocycles. The number of aliphatic hydroxyl groups excluding tert-OH is 1. The Morgan fingerprint density at radius 2 is 2.00 bits per heavy atom. The number of H-pyrrole nitrogens is 2. The minimum Gasteiger partial charge on any atom is -0.493 e. The highest BCUT2D eigenvalue weighted by atomic mass is 16.3. The molecular formula is C18H23N9O3. The van der Waals surface area contributed by atoms with Crippen molar-refractivity contribution in [2.24, 2.45) is 4.99 Å². The average Bonchev–Trinajstić information content (AvgIpc) is 3.37. The highest BCUT2D eigenvalue weighted by Gasteiger charge is 2.23. The summed E-state index contributed by atoms with van der Waals surface area (Å²) in [6, 6.07) is 0.263. The fourth-order valence-electron chi connectivity index (χ4n) is 3.52. The lowest BCUT2D eigenvalue weighted by Crippen LogP contribution is -2.48. The third-order valence-corrected chi connectivity index (χ3v) is 5.32. The molecule has 3 aromatic heterocycles. The number of hydrogen-bond acceptors (Lipinski definition) is 9. The van der Waals surface area contributed by atoms with Gasteiger partial charge in [-0.25, -0.2) is 9.79 Å². The van der Waals surface area contributed by atoms with Crippen molar-refractivity contribution in [3.8, 4) is 5.88 Å². The minimum absolute atomic E-state index is 0.149. The molecule has 0 radical (unpaired) electrons. The molecule has 1 aliphatic carbocycles. The number of anilines is 1. The first-order chi connectivity index (χ1) is 14.6. The number of nitrogens with one attached hydrogen (secondary N) is 2. The van der Waals surface area contributed by atoms with E-state index in [9.17, 15) is 9.90 Å². The van der Waals surface area contributed by atoms with Gasteiger partial charge in [0.1, 0.15) is 5.69 Å². The summed E-state index contributed by atoms with van der Waals surface area (Å²) >= 11 is 0. The Morgan fingerprint density at radius 3 is 2.67 bits per heavy atom. The van der Waals surface area contributed by atoms with E-state index in [4.69, 9.17) is 15.1 Å². The van der Waals surface area contributed by atoms with E-state index in [1.54, 1.807) is 16.8 Å². The summed E-state index contributed by atoms with van der Waals surface area (Å²) in [5.74, 6) is 0.337. The number of fused-ring (bicyclic) bond motifs is 1. The second-order valence-electron chi connectivity index (χ2n) is 7.56. The van der Waals surface area contributed by atoms with Crippen LogP contribution in [0.25, 0.3) is 11.7 Å². The lowest BCUT2D eigenvalue weighted by Gasteiger charge is -2.34. The molecule has 2 fully saturated rings. The van der Waals surface area contributed by atoms with Crippen molar-refractivity contribution in [2.75, 3.05) is 44.2 Å². The van der Waals surface area contributed by atoms with Crippen LogP contribution in [0.1, 0.15) is 18.5 Å². The third-order valence-electron chi connectivity index (χ3n) is 5.32. The van der Waals surface area contributed by atoms with Crippen molar-refractivity contribution in [1.29, 1.82) is 0 Å². The van der Waals surface area contributed by atoms with Gasteiger partial charge in [0.05, 0.1) is 18.8 Å². The van der Waals surface area contributed by atoms with Crippen LogP contribution in [-0.4, -0.2) is 90.0 Å². The Bertz CT molecular complexity index is 1230. The van der Waals surface area contributed by atoms with Crippen LogP contribution < -0.4 is 21.4 Å². The Morgan fingerprint density at radius 1 is 1.20 bits per heavy atom. The maximum Gasteiger partial charge on any atom is 0.326 e. The lowest BCUT2D eigenvalue weighted by molar-refractivity contribution is 0.188. The summed E-state index contributed by atoms with van der Waals surface area (Å²) < 4.78 is 1.59. The number of hydrogen-bond donors (Lipinski definition) is 4. The van der Waals surface area contributed by atoms with Crippen LogP contribution in [0.5, 0.6) is 5.88 Å². The molecule has 4 heterocycles. The van der Waals surface area contributed by atoms with Crippen molar-refractivity contribution in [3.63, 3.8) is 0 Å². The quantitative estimate of drug-likeness (QED) is 0.361. The largest absolute Gasteiger partial charge is 0.493 e. The van der Waals surface area contributed by atoms with Crippen molar-refractivity contribution in [1.82, 2.24) is 34.4 Å². The number of aromatic nitrogens is 6. The van der Waals surface area contributed by atoms with Crippen LogP contribution in [0.4, 0.5) is 5.95 Å². The number of nitrogens with zero attached hydrogens (tertiary/aromatic N) is 7. The molecule has 12 nitrogen and oxygen atoms in total. The molecule has 3 aromatic rings. The van der Waals surface area contributed by atoms with E-state index in [0.29, 0.717) is 29.0 Å². The number of aliphatic hydroxyl groups is 1. The van der Waals surface area contributed by atoms with E-state index in [1.165, 1.54) is 0 Å². The second-order valence-corrected chi connectivity index (χ2v) is 7.56. The average molecular weight is 413 g/mol. The van der Waals surface area contributed by atoms with Gasteiger partial charge in [-0.3, -0.25) is 9.88 Å². The van der Waals surface area contributed by atoms with E-state index in [1.807, 2.05) is 0 Å². The van der Waals surface area contributed by atoms with Crippen LogP contribution in [0.3, 0.4) is 0 Å². The zero-order valence-electron chi connectivity index (χ0n) is 16.3. The van der Waals surface area contributed by atoms with Gasteiger partial charge in [-0.15, -0.1) is 0 Å². The topological polar surface area (TPSA) is 151 Å². The van der Waals surface area contributed by atoms with Gasteiger partial charge in [0, 0.05) is 37.9 Å². The number of β-amino-alcohol motifs (C(OH)–C–C–N with tert-alkyl or cyclic N) is 1. The number of piperazine rings is 1. The highest BCUT2D eigenvalue weighted by molar-refractivity contribution is 5.57. The summed E-state index contributed by atoms with van der Waals surface area (Å²) in [6.45, 7) is 3.95. The fourth-order valence-corrected chi connectivity index (χ4v) is 3.52. The monoisotopic (exact) mass is 413 g/mol. The number of imidazole rings is 1. The second kappa shape index (κ2) is 7.54.